The van der Waals surface area contributed by atoms with Gasteiger partial charge in [0.15, 0.2) is 11.5 Å². The van der Waals surface area contributed by atoms with Gasteiger partial charge in [0.2, 0.25) is 0 Å². The van der Waals surface area contributed by atoms with E-state index in [1.807, 2.05) is 4.90 Å². The summed E-state index contributed by atoms with van der Waals surface area (Å²) in [6.07, 6.45) is 1.33. The third-order valence-corrected chi connectivity index (χ3v) is 2.60. The molecule has 0 aliphatic carbocycles. The number of halogens is 1. The van der Waals surface area contributed by atoms with E-state index in [9.17, 15) is 4.79 Å². The van der Waals surface area contributed by atoms with E-state index in [1.165, 1.54) is 13.3 Å². The lowest BCUT2D eigenvalue weighted by molar-refractivity contribution is 0.0593. The fourth-order valence-corrected chi connectivity index (χ4v) is 1.72. The monoisotopic (exact) mass is 257 g/mol. The molecule has 7 heteroatoms. The van der Waals surface area contributed by atoms with Crippen LogP contribution in [-0.2, 0) is 9.47 Å². The molecule has 17 heavy (non-hydrogen) atoms. The van der Waals surface area contributed by atoms with Gasteiger partial charge in [-0.2, -0.15) is 0 Å². The van der Waals surface area contributed by atoms with Gasteiger partial charge < -0.3 is 14.4 Å². The summed E-state index contributed by atoms with van der Waals surface area (Å²) in [4.78, 5) is 21.6. The van der Waals surface area contributed by atoms with Crippen LogP contribution in [0.1, 0.15) is 10.5 Å². The Labute approximate surface area is 104 Å². The molecule has 0 aromatic carbocycles. The molecule has 1 saturated heterocycles. The summed E-state index contributed by atoms with van der Waals surface area (Å²) in [5.74, 6) is -0.0664. The summed E-state index contributed by atoms with van der Waals surface area (Å²) >= 11 is 5.80. The number of nitrogens with zero attached hydrogens (tertiary/aromatic N) is 3. The standard InChI is InChI=1S/C10H12ClN3O3/c1-16-10(15)8-9(13-7(11)6-12-8)14-2-4-17-5-3-14/h6H,2-5H2,1H3. The van der Waals surface area contributed by atoms with Crippen molar-refractivity contribution in [2.75, 3.05) is 38.3 Å². The Bertz CT molecular complexity index is 421. The first-order valence-corrected chi connectivity index (χ1v) is 5.53. The first-order chi connectivity index (χ1) is 8.22. The normalized spacial score (nSPS) is 15.8. The van der Waals surface area contributed by atoms with Crippen LogP contribution in [0.15, 0.2) is 6.20 Å². The molecule has 1 aliphatic heterocycles. The van der Waals surface area contributed by atoms with Crippen LogP contribution in [0, 0.1) is 0 Å². The van der Waals surface area contributed by atoms with Crippen LogP contribution in [0.25, 0.3) is 0 Å². The molecule has 0 atom stereocenters. The fourth-order valence-electron chi connectivity index (χ4n) is 1.59. The summed E-state index contributed by atoms with van der Waals surface area (Å²) in [7, 11) is 1.31. The lowest BCUT2D eigenvalue weighted by Crippen LogP contribution is -2.38. The summed E-state index contributed by atoms with van der Waals surface area (Å²) in [5.41, 5.74) is 0.179. The van der Waals surface area contributed by atoms with Crippen molar-refractivity contribution in [2.45, 2.75) is 0 Å². The van der Waals surface area contributed by atoms with Crippen molar-refractivity contribution in [3.63, 3.8) is 0 Å². The molecule has 0 saturated carbocycles. The maximum atomic E-state index is 11.6. The van der Waals surface area contributed by atoms with Crippen molar-refractivity contribution in [2.24, 2.45) is 0 Å². The third kappa shape index (κ3) is 2.65. The largest absolute Gasteiger partial charge is 0.464 e. The number of carbonyl (C=O) groups excluding carboxylic acids is 1. The molecular formula is C10H12ClN3O3. The van der Waals surface area contributed by atoms with Gasteiger partial charge in [-0.3, -0.25) is 0 Å². The molecule has 1 aromatic rings. The second-order valence-corrected chi connectivity index (χ2v) is 3.84. The van der Waals surface area contributed by atoms with Crippen LogP contribution >= 0.6 is 11.6 Å². The number of hydrogen-bond acceptors (Lipinski definition) is 6. The Morgan fingerprint density at radius 1 is 1.53 bits per heavy atom. The van der Waals surface area contributed by atoms with E-state index >= 15 is 0 Å². The highest BCUT2D eigenvalue weighted by atomic mass is 35.5. The topological polar surface area (TPSA) is 64.5 Å². The van der Waals surface area contributed by atoms with Crippen LogP contribution in [0.5, 0.6) is 0 Å². The van der Waals surface area contributed by atoms with E-state index < -0.39 is 5.97 Å². The Balaban J connectivity index is 2.35. The first kappa shape index (κ1) is 12.1. The van der Waals surface area contributed by atoms with Gasteiger partial charge in [0.05, 0.1) is 26.5 Å². The molecule has 0 spiro atoms. The van der Waals surface area contributed by atoms with E-state index in [-0.39, 0.29) is 10.8 Å². The number of carbonyl (C=O) groups is 1. The first-order valence-electron chi connectivity index (χ1n) is 5.16. The SMILES string of the molecule is COC(=O)c1ncc(Cl)nc1N1CCOCC1. The zero-order valence-corrected chi connectivity index (χ0v) is 10.1. The minimum absolute atomic E-state index is 0.179. The number of hydrogen-bond donors (Lipinski definition) is 0. The zero-order valence-electron chi connectivity index (χ0n) is 9.35. The Hall–Kier alpha value is -1.40. The fraction of sp³-hybridized carbons (Fsp3) is 0.500. The molecular weight excluding hydrogens is 246 g/mol. The van der Waals surface area contributed by atoms with Gasteiger partial charge in [-0.25, -0.2) is 14.8 Å². The van der Waals surface area contributed by atoms with Crippen LogP contribution < -0.4 is 4.90 Å². The second kappa shape index (κ2) is 5.29. The van der Waals surface area contributed by atoms with Crippen LogP contribution in [-0.4, -0.2) is 49.4 Å². The molecule has 0 N–H and O–H groups in total. The Morgan fingerprint density at radius 3 is 2.88 bits per heavy atom. The van der Waals surface area contributed by atoms with Gasteiger partial charge >= 0.3 is 5.97 Å². The van der Waals surface area contributed by atoms with Crippen LogP contribution in [0.2, 0.25) is 5.15 Å². The lowest BCUT2D eigenvalue weighted by Gasteiger charge is -2.28. The number of anilines is 1. The second-order valence-electron chi connectivity index (χ2n) is 3.46. The molecule has 2 rings (SSSR count). The molecule has 92 valence electrons. The smallest absolute Gasteiger partial charge is 0.360 e. The van der Waals surface area contributed by atoms with Gasteiger partial charge in [-0.1, -0.05) is 11.6 Å². The molecule has 6 nitrogen and oxygen atoms in total. The summed E-state index contributed by atoms with van der Waals surface area (Å²) < 4.78 is 9.90. The molecule has 0 radical (unpaired) electrons. The van der Waals surface area contributed by atoms with E-state index in [0.717, 1.165) is 0 Å². The molecule has 1 fully saturated rings. The van der Waals surface area contributed by atoms with Crippen molar-refractivity contribution in [3.05, 3.63) is 17.0 Å². The van der Waals surface area contributed by atoms with Gasteiger partial charge in [0.1, 0.15) is 5.15 Å². The van der Waals surface area contributed by atoms with Crippen LogP contribution in [0.3, 0.4) is 0 Å². The number of aromatic nitrogens is 2. The lowest BCUT2D eigenvalue weighted by atomic mass is 10.3. The number of esters is 1. The van der Waals surface area contributed by atoms with Crippen molar-refractivity contribution in [1.82, 2.24) is 9.97 Å². The molecule has 0 bridgehead atoms. The molecule has 0 amide bonds. The maximum absolute atomic E-state index is 11.6. The maximum Gasteiger partial charge on any atom is 0.360 e. The van der Waals surface area contributed by atoms with E-state index in [1.54, 1.807) is 0 Å². The van der Waals surface area contributed by atoms with Crippen molar-refractivity contribution < 1.29 is 14.3 Å². The van der Waals surface area contributed by atoms with Gasteiger partial charge in [0, 0.05) is 13.1 Å². The minimum atomic E-state index is -0.518. The minimum Gasteiger partial charge on any atom is -0.464 e. The Morgan fingerprint density at radius 2 is 2.24 bits per heavy atom. The number of ether oxygens (including phenoxy) is 2. The van der Waals surface area contributed by atoms with E-state index in [0.29, 0.717) is 32.1 Å². The summed E-state index contributed by atoms with van der Waals surface area (Å²) in [5, 5.41) is 0.249. The zero-order chi connectivity index (χ0) is 12.3. The third-order valence-electron chi connectivity index (χ3n) is 2.41. The number of rotatable bonds is 2. The average Bonchev–Trinajstić information content (AvgIpc) is 2.39. The predicted octanol–water partition coefficient (Wildman–Crippen LogP) is 0.753. The predicted molar refractivity (Wildman–Crippen MR) is 61.4 cm³/mol. The van der Waals surface area contributed by atoms with Gasteiger partial charge in [0.25, 0.3) is 0 Å². The highest BCUT2D eigenvalue weighted by molar-refractivity contribution is 6.29. The van der Waals surface area contributed by atoms with Gasteiger partial charge in [-0.15, -0.1) is 0 Å². The number of methoxy groups -OCH3 is 1. The molecule has 0 unspecified atom stereocenters. The molecule has 2 heterocycles. The van der Waals surface area contributed by atoms with Crippen LogP contribution in [0.4, 0.5) is 5.82 Å². The Kier molecular flexibility index (Phi) is 3.75. The van der Waals surface area contributed by atoms with Crippen molar-refractivity contribution in [3.8, 4) is 0 Å². The molecule has 1 aliphatic rings. The van der Waals surface area contributed by atoms with Crippen molar-refractivity contribution >= 4 is 23.4 Å². The van der Waals surface area contributed by atoms with Crippen molar-refractivity contribution in [1.29, 1.82) is 0 Å². The highest BCUT2D eigenvalue weighted by Crippen LogP contribution is 2.20. The van der Waals surface area contributed by atoms with Gasteiger partial charge in [-0.05, 0) is 0 Å². The molecule has 1 aromatic heterocycles. The number of morpholine rings is 1. The highest BCUT2D eigenvalue weighted by Gasteiger charge is 2.22. The summed E-state index contributed by atoms with van der Waals surface area (Å²) in [6, 6.07) is 0. The average molecular weight is 258 g/mol. The quantitative estimate of drug-likeness (QED) is 0.729. The van der Waals surface area contributed by atoms with E-state index in [4.69, 9.17) is 16.3 Å². The van der Waals surface area contributed by atoms with E-state index in [2.05, 4.69) is 14.7 Å². The summed E-state index contributed by atoms with van der Waals surface area (Å²) in [6.45, 7) is 2.49.